The fourth-order valence-electron chi connectivity index (χ4n) is 3.22. The summed E-state index contributed by atoms with van der Waals surface area (Å²) >= 11 is 0. The molecule has 2 atom stereocenters. The fraction of sp³-hybridized carbons (Fsp3) is 0.143. The summed E-state index contributed by atoms with van der Waals surface area (Å²) in [4.78, 5) is 21.6. The van der Waals surface area contributed by atoms with E-state index < -0.39 is 12.2 Å². The lowest BCUT2D eigenvalue weighted by Gasteiger charge is -2.30. The van der Waals surface area contributed by atoms with Gasteiger partial charge in [-0.3, -0.25) is 15.2 Å². The van der Waals surface area contributed by atoms with Crippen molar-refractivity contribution in [1.82, 2.24) is 20.2 Å². The van der Waals surface area contributed by atoms with Crippen LogP contribution in [-0.2, 0) is 4.79 Å². The second-order valence-corrected chi connectivity index (χ2v) is 6.69. The number of carbonyl (C=O) groups excluding carboxylic acids is 1. The van der Waals surface area contributed by atoms with E-state index in [9.17, 15) is 4.79 Å². The largest absolute Gasteiger partial charge is 0.482 e. The number of ether oxygens (including phenoxy) is 2. The van der Waals surface area contributed by atoms with Crippen molar-refractivity contribution in [2.75, 3.05) is 5.32 Å². The lowest BCUT2D eigenvalue weighted by molar-refractivity contribution is -0.128. The fourth-order valence-corrected chi connectivity index (χ4v) is 3.22. The highest BCUT2D eigenvalue weighted by Crippen LogP contribution is 2.33. The predicted octanol–water partition coefficient (Wildman–Crippen LogP) is 3.19. The molecule has 8 heteroatoms. The van der Waals surface area contributed by atoms with Crippen LogP contribution in [0.5, 0.6) is 11.5 Å². The van der Waals surface area contributed by atoms with Crippen LogP contribution in [0.3, 0.4) is 0 Å². The molecule has 8 nitrogen and oxygen atoms in total. The SMILES string of the molecule is CC1Oc2ccccc2OC1C(=O)Nc1n[nH]c(-c2ccc3ccccc3n2)n1. The van der Waals surface area contributed by atoms with Crippen LogP contribution in [0.25, 0.3) is 22.4 Å². The second-order valence-electron chi connectivity index (χ2n) is 6.69. The first-order valence-corrected chi connectivity index (χ1v) is 9.19. The van der Waals surface area contributed by atoms with Gasteiger partial charge in [-0.1, -0.05) is 36.4 Å². The number of amides is 1. The van der Waals surface area contributed by atoms with E-state index >= 15 is 0 Å². The topological polar surface area (TPSA) is 102 Å². The molecule has 0 saturated heterocycles. The first-order chi connectivity index (χ1) is 14.2. The van der Waals surface area contributed by atoms with Gasteiger partial charge in [0.2, 0.25) is 12.1 Å². The Labute approximate surface area is 165 Å². The van der Waals surface area contributed by atoms with E-state index in [4.69, 9.17) is 9.47 Å². The Morgan fingerprint density at radius 2 is 1.72 bits per heavy atom. The molecule has 0 spiro atoms. The van der Waals surface area contributed by atoms with Gasteiger partial charge in [0, 0.05) is 5.39 Å². The number of benzene rings is 2. The van der Waals surface area contributed by atoms with Crippen LogP contribution < -0.4 is 14.8 Å². The Bertz CT molecular complexity index is 1210. The van der Waals surface area contributed by atoms with Crippen molar-refractivity contribution in [3.63, 3.8) is 0 Å². The van der Waals surface area contributed by atoms with E-state index in [1.807, 2.05) is 48.5 Å². The number of aromatic nitrogens is 4. The number of carbonyl (C=O) groups is 1. The Kier molecular flexibility index (Phi) is 4.09. The Hall–Kier alpha value is -3.94. The maximum absolute atomic E-state index is 12.7. The third-order valence-corrected chi connectivity index (χ3v) is 4.66. The summed E-state index contributed by atoms with van der Waals surface area (Å²) < 4.78 is 11.6. The Balaban J connectivity index is 1.34. The monoisotopic (exact) mass is 387 g/mol. The molecule has 0 saturated carbocycles. The molecule has 0 radical (unpaired) electrons. The standard InChI is InChI=1S/C21H17N5O3/c1-12-18(29-17-9-5-4-8-16(17)28-12)20(27)24-21-23-19(25-26-21)15-11-10-13-6-2-3-7-14(13)22-15/h2-12,18H,1H3,(H2,23,24,25,26,27). The van der Waals surface area contributed by atoms with Crippen LogP contribution >= 0.6 is 0 Å². The van der Waals surface area contributed by atoms with Gasteiger partial charge in [0.15, 0.2) is 17.3 Å². The van der Waals surface area contributed by atoms with Crippen molar-refractivity contribution in [3.05, 3.63) is 60.7 Å². The van der Waals surface area contributed by atoms with Crippen LogP contribution in [0.15, 0.2) is 60.7 Å². The molecule has 1 amide bonds. The quantitative estimate of drug-likeness (QED) is 0.560. The zero-order valence-corrected chi connectivity index (χ0v) is 15.5. The smallest absolute Gasteiger partial charge is 0.271 e. The normalized spacial score (nSPS) is 17.8. The van der Waals surface area contributed by atoms with Crippen molar-refractivity contribution >= 4 is 22.8 Å². The van der Waals surface area contributed by atoms with Gasteiger partial charge in [-0.25, -0.2) is 4.98 Å². The number of H-pyrrole nitrogens is 1. The molecule has 3 heterocycles. The average Bonchev–Trinajstić information content (AvgIpc) is 3.21. The van der Waals surface area contributed by atoms with Gasteiger partial charge in [0.25, 0.3) is 5.91 Å². The third-order valence-electron chi connectivity index (χ3n) is 4.66. The van der Waals surface area contributed by atoms with Crippen molar-refractivity contribution in [3.8, 4) is 23.0 Å². The molecule has 2 aromatic heterocycles. The Morgan fingerprint density at radius 3 is 2.59 bits per heavy atom. The maximum atomic E-state index is 12.7. The van der Waals surface area contributed by atoms with Gasteiger partial charge in [0.05, 0.1) is 5.52 Å². The first-order valence-electron chi connectivity index (χ1n) is 9.19. The zero-order chi connectivity index (χ0) is 19.8. The van der Waals surface area contributed by atoms with Gasteiger partial charge in [-0.05, 0) is 31.2 Å². The molecule has 0 aliphatic carbocycles. The number of nitrogens with one attached hydrogen (secondary N) is 2. The number of anilines is 1. The molecule has 0 fully saturated rings. The molecule has 2 aromatic carbocycles. The maximum Gasteiger partial charge on any atom is 0.271 e. The highest BCUT2D eigenvalue weighted by atomic mass is 16.6. The van der Waals surface area contributed by atoms with Gasteiger partial charge >= 0.3 is 0 Å². The summed E-state index contributed by atoms with van der Waals surface area (Å²) in [5.41, 5.74) is 1.49. The molecule has 4 aromatic rings. The predicted molar refractivity (Wildman–Crippen MR) is 107 cm³/mol. The lowest BCUT2D eigenvalue weighted by atomic mass is 10.1. The average molecular weight is 387 g/mol. The molecule has 29 heavy (non-hydrogen) atoms. The molecule has 2 N–H and O–H groups in total. The van der Waals surface area contributed by atoms with E-state index in [2.05, 4.69) is 25.5 Å². The molecule has 0 bridgehead atoms. The van der Waals surface area contributed by atoms with Crippen LogP contribution in [0.2, 0.25) is 0 Å². The molecule has 1 aliphatic rings. The first kappa shape index (κ1) is 17.2. The second kappa shape index (κ2) is 6.90. The van der Waals surface area contributed by atoms with Crippen LogP contribution in [0, 0.1) is 0 Å². The summed E-state index contributed by atoms with van der Waals surface area (Å²) in [6, 6.07) is 18.9. The number of nitrogens with zero attached hydrogens (tertiary/aromatic N) is 3. The van der Waals surface area contributed by atoms with Crippen LogP contribution in [-0.4, -0.2) is 38.3 Å². The van der Waals surface area contributed by atoms with Crippen molar-refractivity contribution in [2.24, 2.45) is 0 Å². The van der Waals surface area contributed by atoms with E-state index in [1.54, 1.807) is 19.1 Å². The third kappa shape index (κ3) is 3.25. The number of pyridine rings is 1. The van der Waals surface area contributed by atoms with E-state index in [0.717, 1.165) is 10.9 Å². The minimum atomic E-state index is -0.814. The highest BCUT2D eigenvalue weighted by molar-refractivity contribution is 5.93. The van der Waals surface area contributed by atoms with Crippen LogP contribution in [0.4, 0.5) is 5.95 Å². The Morgan fingerprint density at radius 1 is 0.966 bits per heavy atom. The molecule has 144 valence electrons. The summed E-state index contributed by atoms with van der Waals surface area (Å²) in [7, 11) is 0. The van der Waals surface area contributed by atoms with Crippen molar-refractivity contribution in [1.29, 1.82) is 0 Å². The van der Waals surface area contributed by atoms with Gasteiger partial charge in [-0.2, -0.15) is 4.98 Å². The minimum absolute atomic E-state index is 0.148. The van der Waals surface area contributed by atoms with Gasteiger partial charge < -0.3 is 9.47 Å². The molecule has 2 unspecified atom stereocenters. The molecule has 1 aliphatic heterocycles. The summed E-state index contributed by atoms with van der Waals surface area (Å²) in [6.45, 7) is 1.78. The van der Waals surface area contributed by atoms with Crippen LogP contribution in [0.1, 0.15) is 6.92 Å². The van der Waals surface area contributed by atoms with Gasteiger partial charge in [-0.15, -0.1) is 5.10 Å². The number of fused-ring (bicyclic) bond motifs is 2. The number of hydrogen-bond donors (Lipinski definition) is 2. The van der Waals surface area contributed by atoms with E-state index in [-0.39, 0.29) is 11.9 Å². The number of aromatic amines is 1. The number of para-hydroxylation sites is 3. The summed E-state index contributed by atoms with van der Waals surface area (Å²) in [6.07, 6.45) is -1.27. The molecular formula is C21H17N5O3. The molecular weight excluding hydrogens is 370 g/mol. The van der Waals surface area contributed by atoms with E-state index in [1.165, 1.54) is 0 Å². The van der Waals surface area contributed by atoms with Gasteiger partial charge in [0.1, 0.15) is 11.8 Å². The van der Waals surface area contributed by atoms with Crippen molar-refractivity contribution < 1.29 is 14.3 Å². The lowest BCUT2D eigenvalue weighted by Crippen LogP contribution is -2.46. The summed E-state index contributed by atoms with van der Waals surface area (Å²) in [5, 5.41) is 10.6. The number of rotatable bonds is 3. The molecule has 5 rings (SSSR count). The minimum Gasteiger partial charge on any atom is -0.482 e. The van der Waals surface area contributed by atoms with Crippen molar-refractivity contribution in [2.45, 2.75) is 19.1 Å². The zero-order valence-electron chi connectivity index (χ0n) is 15.5. The summed E-state index contributed by atoms with van der Waals surface area (Å²) in [5.74, 6) is 1.37. The highest BCUT2D eigenvalue weighted by Gasteiger charge is 2.34. The van der Waals surface area contributed by atoms with E-state index in [0.29, 0.717) is 23.0 Å². The number of hydrogen-bond acceptors (Lipinski definition) is 6.